The van der Waals surface area contributed by atoms with Crippen LogP contribution in [0.1, 0.15) is 65.2 Å². The number of ether oxygens (including phenoxy) is 2. The van der Waals surface area contributed by atoms with Crippen LogP contribution in [0.2, 0.25) is 0 Å². The van der Waals surface area contributed by atoms with Crippen molar-refractivity contribution in [3.63, 3.8) is 0 Å². The van der Waals surface area contributed by atoms with E-state index in [1.165, 1.54) is 5.56 Å². The van der Waals surface area contributed by atoms with Crippen LogP contribution in [0, 0.1) is 0 Å². The van der Waals surface area contributed by atoms with Crippen LogP contribution in [-0.4, -0.2) is 35.7 Å². The maximum atomic E-state index is 12.3. The summed E-state index contributed by atoms with van der Waals surface area (Å²) in [5.74, 6) is 0. The molecule has 4 unspecified atom stereocenters. The van der Waals surface area contributed by atoms with Crippen molar-refractivity contribution in [2.45, 2.75) is 57.6 Å². The molecule has 1 fully saturated rings. The molecule has 2 amide bonds. The third kappa shape index (κ3) is 8.52. The van der Waals surface area contributed by atoms with Crippen molar-refractivity contribution in [1.29, 1.82) is 0 Å². The topological polar surface area (TPSA) is 83.1 Å². The van der Waals surface area contributed by atoms with E-state index in [9.17, 15) is 9.90 Å². The predicted octanol–water partition coefficient (Wildman–Crippen LogP) is 6.42. The summed E-state index contributed by atoms with van der Waals surface area (Å²) in [7, 11) is 2.13. The first-order valence-electron chi connectivity index (χ1n) is 14.9. The molecular weight excluding hydrogens is 538 g/mol. The second-order valence-corrected chi connectivity index (χ2v) is 11.1. The summed E-state index contributed by atoms with van der Waals surface area (Å²) in [5, 5.41) is 15.3. The highest BCUT2D eigenvalue weighted by Gasteiger charge is 2.33. The van der Waals surface area contributed by atoms with Crippen LogP contribution in [0.5, 0.6) is 0 Å². The lowest BCUT2D eigenvalue weighted by Crippen LogP contribution is -2.38. The number of aliphatic hydroxyl groups is 1. The molecule has 43 heavy (non-hydrogen) atoms. The molecule has 5 rings (SSSR count). The summed E-state index contributed by atoms with van der Waals surface area (Å²) in [5.41, 5.74) is 6.17. The van der Waals surface area contributed by atoms with Crippen molar-refractivity contribution in [1.82, 2.24) is 15.5 Å². The van der Waals surface area contributed by atoms with E-state index in [2.05, 4.69) is 53.8 Å². The Bertz CT molecular complexity index is 1410. The summed E-state index contributed by atoms with van der Waals surface area (Å²) >= 11 is 0. The Morgan fingerprint density at radius 3 is 1.98 bits per heavy atom. The van der Waals surface area contributed by atoms with E-state index in [1.54, 1.807) is 0 Å². The zero-order valence-corrected chi connectivity index (χ0v) is 24.9. The Balaban J connectivity index is 1.23. The number of nitrogens with one attached hydrogen (secondary N) is 2. The van der Waals surface area contributed by atoms with Gasteiger partial charge < -0.3 is 25.2 Å². The highest BCUT2D eigenvalue weighted by Crippen LogP contribution is 2.38. The molecule has 0 aliphatic carbocycles. The third-order valence-electron chi connectivity index (χ3n) is 8.05. The summed E-state index contributed by atoms with van der Waals surface area (Å²) in [6.07, 6.45) is -0.00229. The van der Waals surface area contributed by atoms with Gasteiger partial charge in [-0.2, -0.15) is 0 Å². The van der Waals surface area contributed by atoms with Crippen molar-refractivity contribution in [2.75, 3.05) is 13.6 Å². The third-order valence-corrected chi connectivity index (χ3v) is 8.05. The maximum absolute atomic E-state index is 12.3. The number of hydrogen-bond acceptors (Lipinski definition) is 5. The molecule has 4 atom stereocenters. The van der Waals surface area contributed by atoms with Crippen LogP contribution < -0.4 is 10.6 Å². The molecule has 0 aromatic heterocycles. The second-order valence-electron chi connectivity index (χ2n) is 11.1. The van der Waals surface area contributed by atoms with Gasteiger partial charge in [-0.1, -0.05) is 109 Å². The van der Waals surface area contributed by atoms with Crippen LogP contribution in [-0.2, 0) is 29.2 Å². The number of urea groups is 1. The Hall–Kier alpha value is -4.01. The summed E-state index contributed by atoms with van der Waals surface area (Å²) in [6.45, 7) is 3.87. The van der Waals surface area contributed by atoms with Crippen molar-refractivity contribution in [3.8, 4) is 0 Å². The minimum atomic E-state index is -0.530. The molecule has 0 spiro atoms. The molecule has 1 aliphatic rings. The highest BCUT2D eigenvalue weighted by atomic mass is 16.7. The van der Waals surface area contributed by atoms with Gasteiger partial charge in [-0.3, -0.25) is 4.90 Å². The predicted molar refractivity (Wildman–Crippen MR) is 168 cm³/mol. The van der Waals surface area contributed by atoms with E-state index in [0.29, 0.717) is 13.1 Å². The van der Waals surface area contributed by atoms with Crippen molar-refractivity contribution >= 4 is 6.03 Å². The summed E-state index contributed by atoms with van der Waals surface area (Å²) in [6, 6.07) is 36.3. The van der Waals surface area contributed by atoms with E-state index in [4.69, 9.17) is 9.47 Å². The number of likely N-dealkylation sites (N-methyl/N-ethyl adjacent to an activating group) is 1. The van der Waals surface area contributed by atoms with Gasteiger partial charge in [0, 0.05) is 37.7 Å². The molecule has 224 valence electrons. The van der Waals surface area contributed by atoms with Gasteiger partial charge in [0.15, 0.2) is 6.29 Å². The molecule has 7 nitrogen and oxygen atoms in total. The molecule has 3 N–H and O–H groups in total. The van der Waals surface area contributed by atoms with E-state index in [-0.39, 0.29) is 30.9 Å². The van der Waals surface area contributed by atoms with Gasteiger partial charge in [-0.25, -0.2) is 4.79 Å². The minimum absolute atomic E-state index is 0.0121. The van der Waals surface area contributed by atoms with Gasteiger partial charge >= 0.3 is 6.03 Å². The molecule has 0 saturated carbocycles. The van der Waals surface area contributed by atoms with Gasteiger partial charge in [0.1, 0.15) is 0 Å². The zero-order valence-electron chi connectivity index (χ0n) is 24.9. The van der Waals surface area contributed by atoms with Crippen molar-refractivity contribution < 1.29 is 19.4 Å². The average Bonchev–Trinajstić information content (AvgIpc) is 3.07. The Kier molecular flexibility index (Phi) is 10.6. The number of rotatable bonds is 11. The molecule has 1 aliphatic heterocycles. The van der Waals surface area contributed by atoms with Crippen LogP contribution in [0.4, 0.5) is 4.79 Å². The second kappa shape index (κ2) is 14.9. The number of carbonyl (C=O) groups is 1. The van der Waals surface area contributed by atoms with Crippen LogP contribution in [0.25, 0.3) is 0 Å². The molecule has 4 aromatic carbocycles. The quantitative estimate of drug-likeness (QED) is 0.191. The first kappa shape index (κ1) is 30.4. The fraction of sp³-hybridized carbons (Fsp3) is 0.306. The Labute approximate surface area is 254 Å². The highest BCUT2D eigenvalue weighted by molar-refractivity contribution is 5.73. The summed E-state index contributed by atoms with van der Waals surface area (Å²) < 4.78 is 13.1. The largest absolute Gasteiger partial charge is 0.392 e. The van der Waals surface area contributed by atoms with E-state index < -0.39 is 6.29 Å². The van der Waals surface area contributed by atoms with Gasteiger partial charge in [-0.15, -0.1) is 0 Å². The fourth-order valence-corrected chi connectivity index (χ4v) is 5.31. The summed E-state index contributed by atoms with van der Waals surface area (Å²) in [4.78, 5) is 14.6. The fourth-order valence-electron chi connectivity index (χ4n) is 5.31. The molecular formula is C36H41N3O4. The van der Waals surface area contributed by atoms with E-state index >= 15 is 0 Å². The van der Waals surface area contributed by atoms with Gasteiger partial charge in [0.25, 0.3) is 0 Å². The minimum Gasteiger partial charge on any atom is -0.392 e. The number of amides is 2. The molecule has 1 heterocycles. The normalized spacial score (nSPS) is 19.1. The van der Waals surface area contributed by atoms with Crippen LogP contribution in [0.15, 0.2) is 109 Å². The molecule has 7 heteroatoms. The number of hydrogen-bond donors (Lipinski definition) is 3. The molecule has 4 aromatic rings. The SMILES string of the molecule is CC(c1ccccc1)N(C)CC1CC(c2ccc(CO)cc2)OC(c2ccc(CNC(=O)NCc3ccccc3)cc2)O1. The first-order chi connectivity index (χ1) is 21.0. The first-order valence-corrected chi connectivity index (χ1v) is 14.9. The maximum Gasteiger partial charge on any atom is 0.315 e. The van der Waals surface area contributed by atoms with Crippen LogP contribution >= 0.6 is 0 Å². The zero-order chi connectivity index (χ0) is 30.0. The smallest absolute Gasteiger partial charge is 0.315 e. The van der Waals surface area contributed by atoms with Crippen LogP contribution in [0.3, 0.4) is 0 Å². The Morgan fingerprint density at radius 2 is 1.35 bits per heavy atom. The molecule has 1 saturated heterocycles. The Morgan fingerprint density at radius 1 is 0.791 bits per heavy atom. The van der Waals surface area contributed by atoms with Crippen molar-refractivity contribution in [2.24, 2.45) is 0 Å². The van der Waals surface area contributed by atoms with E-state index in [0.717, 1.165) is 40.8 Å². The number of carbonyl (C=O) groups excluding carboxylic acids is 1. The number of nitrogens with zero attached hydrogens (tertiary/aromatic N) is 1. The molecule has 0 radical (unpaired) electrons. The molecule has 0 bridgehead atoms. The average molecular weight is 580 g/mol. The number of benzene rings is 4. The lowest BCUT2D eigenvalue weighted by atomic mass is 9.99. The van der Waals surface area contributed by atoms with E-state index in [1.807, 2.05) is 84.9 Å². The lowest BCUT2D eigenvalue weighted by Gasteiger charge is -2.39. The van der Waals surface area contributed by atoms with Crippen molar-refractivity contribution in [3.05, 3.63) is 143 Å². The monoisotopic (exact) mass is 579 g/mol. The standard InChI is InChI=1S/C36H41N3O4/c1-26(30-11-7-4-8-12-30)39(2)24-33-21-34(31-17-15-29(25-40)16-18-31)43-35(42-33)32-19-13-28(14-20-32)23-38-36(41)37-22-27-9-5-3-6-10-27/h3-20,26,33-35,40H,21-25H2,1-2H3,(H2,37,38,41). The lowest BCUT2D eigenvalue weighted by molar-refractivity contribution is -0.253. The van der Waals surface area contributed by atoms with Gasteiger partial charge in [0.2, 0.25) is 0 Å². The number of aliphatic hydroxyl groups excluding tert-OH is 1. The van der Waals surface area contributed by atoms with Gasteiger partial charge in [-0.05, 0) is 41.8 Å². The van der Waals surface area contributed by atoms with Gasteiger partial charge in [0.05, 0.1) is 18.8 Å².